The molecule has 0 bridgehead atoms. The van der Waals surface area contributed by atoms with Crippen molar-refractivity contribution in [1.82, 2.24) is 4.90 Å². The average molecular weight is 517 g/mol. The molecule has 1 atom stereocenters. The first-order chi connectivity index (χ1) is 15.9. The molecule has 1 unspecified atom stereocenters. The first kappa shape index (κ1) is 25.8. The van der Waals surface area contributed by atoms with E-state index in [2.05, 4.69) is 65.0 Å². The van der Waals surface area contributed by atoms with Crippen molar-refractivity contribution in [2.75, 3.05) is 33.9 Å². The fourth-order valence-electron chi connectivity index (χ4n) is 5.28. The third-order valence-electron chi connectivity index (χ3n) is 7.31. The predicted molar refractivity (Wildman–Crippen MR) is 138 cm³/mol. The molecular weight excluding hydrogens is 478 g/mol. The van der Waals surface area contributed by atoms with Gasteiger partial charge in [0, 0.05) is 4.47 Å². The fraction of sp³-hybridized carbons (Fsp3) is 0.536. The zero-order valence-electron chi connectivity index (χ0n) is 20.5. The van der Waals surface area contributed by atoms with Gasteiger partial charge in [-0.1, -0.05) is 54.0 Å². The van der Waals surface area contributed by atoms with E-state index in [9.17, 15) is 4.79 Å². The van der Waals surface area contributed by atoms with Gasteiger partial charge >= 0.3 is 5.97 Å². The Morgan fingerprint density at radius 3 is 2.42 bits per heavy atom. The maximum atomic E-state index is 13.0. The van der Waals surface area contributed by atoms with Gasteiger partial charge in [0.25, 0.3) is 0 Å². The number of esters is 1. The Hall–Kier alpha value is -1.85. The van der Waals surface area contributed by atoms with Crippen LogP contribution in [0.15, 0.2) is 53.0 Å². The van der Waals surface area contributed by atoms with Gasteiger partial charge < -0.3 is 14.4 Å². The Morgan fingerprint density at radius 1 is 1.12 bits per heavy atom. The van der Waals surface area contributed by atoms with Gasteiger partial charge in [0.05, 0.1) is 19.6 Å². The summed E-state index contributed by atoms with van der Waals surface area (Å²) in [5, 5.41) is 0. The van der Waals surface area contributed by atoms with E-state index in [0.717, 1.165) is 60.6 Å². The average Bonchev–Trinajstić information content (AvgIpc) is 2.83. The van der Waals surface area contributed by atoms with Crippen LogP contribution in [0, 0.1) is 11.8 Å². The van der Waals surface area contributed by atoms with E-state index in [1.165, 1.54) is 25.5 Å². The number of nitrogens with zero attached hydrogens (tertiary/aromatic N) is 1. The number of rotatable bonds is 10. The summed E-state index contributed by atoms with van der Waals surface area (Å²) in [7, 11) is 3.23. The highest BCUT2D eigenvalue weighted by Crippen LogP contribution is 2.39. The van der Waals surface area contributed by atoms with Crippen LogP contribution in [-0.2, 0) is 21.4 Å². The zero-order chi connectivity index (χ0) is 23.8. The standard InChI is InChI=1S/C28H38BrNO3/c1-21(2)28(27(31)33-4,24-9-11-25(29)12-10-24)15-6-16-30-17-13-22(14-18-30)19-23-7-5-8-26(20-23)32-3/h5,7-12,20-22H,6,13-19H2,1-4H3. The summed E-state index contributed by atoms with van der Waals surface area (Å²) in [5.41, 5.74) is 1.80. The van der Waals surface area contributed by atoms with Crippen LogP contribution in [-0.4, -0.2) is 44.7 Å². The molecule has 0 aliphatic carbocycles. The Bertz CT molecular complexity index is 890. The van der Waals surface area contributed by atoms with Crippen molar-refractivity contribution in [1.29, 1.82) is 0 Å². The van der Waals surface area contributed by atoms with Crippen molar-refractivity contribution < 1.29 is 14.3 Å². The van der Waals surface area contributed by atoms with Crippen molar-refractivity contribution in [3.05, 3.63) is 64.1 Å². The van der Waals surface area contributed by atoms with Crippen LogP contribution in [0.2, 0.25) is 0 Å². The van der Waals surface area contributed by atoms with Crippen LogP contribution >= 0.6 is 15.9 Å². The topological polar surface area (TPSA) is 38.8 Å². The Kier molecular flexibility index (Phi) is 9.39. The van der Waals surface area contributed by atoms with Crippen molar-refractivity contribution in [3.8, 4) is 5.75 Å². The number of halogens is 1. The quantitative estimate of drug-likeness (QED) is 0.350. The summed E-state index contributed by atoms with van der Waals surface area (Å²) in [4.78, 5) is 15.6. The van der Waals surface area contributed by atoms with E-state index in [4.69, 9.17) is 9.47 Å². The lowest BCUT2D eigenvalue weighted by molar-refractivity contribution is -0.150. The highest BCUT2D eigenvalue weighted by molar-refractivity contribution is 9.10. The van der Waals surface area contributed by atoms with Crippen LogP contribution in [0.3, 0.4) is 0 Å². The first-order valence-corrected chi connectivity index (χ1v) is 12.9. The number of benzene rings is 2. The highest BCUT2D eigenvalue weighted by Gasteiger charge is 2.44. The number of ether oxygens (including phenoxy) is 2. The van der Waals surface area contributed by atoms with Gasteiger partial charge in [-0.05, 0) is 99.0 Å². The van der Waals surface area contributed by atoms with Gasteiger partial charge in [0.15, 0.2) is 0 Å². The summed E-state index contributed by atoms with van der Waals surface area (Å²) in [6.45, 7) is 7.53. The summed E-state index contributed by atoms with van der Waals surface area (Å²) >= 11 is 3.51. The molecule has 0 radical (unpaired) electrons. The smallest absolute Gasteiger partial charge is 0.316 e. The number of likely N-dealkylation sites (tertiary alicyclic amines) is 1. The van der Waals surface area contributed by atoms with Crippen LogP contribution in [0.5, 0.6) is 5.75 Å². The molecule has 1 saturated heterocycles. The van der Waals surface area contributed by atoms with Crippen molar-refractivity contribution in [3.63, 3.8) is 0 Å². The minimum atomic E-state index is -0.611. The molecule has 0 N–H and O–H groups in total. The molecule has 5 heteroatoms. The third kappa shape index (κ3) is 6.39. The molecule has 1 fully saturated rings. The summed E-state index contributed by atoms with van der Waals surface area (Å²) in [6.07, 6.45) is 5.33. The minimum absolute atomic E-state index is 0.128. The number of methoxy groups -OCH3 is 2. The van der Waals surface area contributed by atoms with E-state index in [1.807, 2.05) is 18.2 Å². The molecule has 0 saturated carbocycles. The SMILES string of the molecule is COC(=O)C(CCCN1CCC(Cc2cccc(OC)c2)CC1)(c1ccc(Br)cc1)C(C)C. The molecule has 0 amide bonds. The number of carbonyl (C=O) groups excluding carboxylic acids is 1. The fourth-order valence-corrected chi connectivity index (χ4v) is 5.54. The number of carbonyl (C=O) groups is 1. The molecule has 1 aliphatic heterocycles. The third-order valence-corrected chi connectivity index (χ3v) is 7.83. The molecule has 4 nitrogen and oxygen atoms in total. The Balaban J connectivity index is 1.56. The van der Waals surface area contributed by atoms with Gasteiger partial charge in [-0.3, -0.25) is 4.79 Å². The second-order valence-electron chi connectivity index (χ2n) is 9.57. The van der Waals surface area contributed by atoms with Crippen molar-refractivity contribution >= 4 is 21.9 Å². The largest absolute Gasteiger partial charge is 0.497 e. The zero-order valence-corrected chi connectivity index (χ0v) is 22.1. The van der Waals surface area contributed by atoms with E-state index >= 15 is 0 Å². The minimum Gasteiger partial charge on any atom is -0.497 e. The van der Waals surface area contributed by atoms with Crippen LogP contribution in [0.1, 0.15) is 50.7 Å². The highest BCUT2D eigenvalue weighted by atomic mass is 79.9. The summed E-state index contributed by atoms with van der Waals surface area (Å²) in [6, 6.07) is 16.6. The molecule has 1 heterocycles. The van der Waals surface area contributed by atoms with Gasteiger partial charge in [-0.25, -0.2) is 0 Å². The lowest BCUT2D eigenvalue weighted by Crippen LogP contribution is -2.43. The molecule has 1 aliphatic rings. The number of hydrogen-bond donors (Lipinski definition) is 0. The Morgan fingerprint density at radius 2 is 1.82 bits per heavy atom. The van der Waals surface area contributed by atoms with E-state index in [0.29, 0.717) is 0 Å². The summed E-state index contributed by atoms with van der Waals surface area (Å²) in [5.74, 6) is 1.69. The number of piperidine rings is 1. The lowest BCUT2D eigenvalue weighted by Gasteiger charge is -2.37. The van der Waals surface area contributed by atoms with Gasteiger partial charge in [0.2, 0.25) is 0 Å². The van der Waals surface area contributed by atoms with Gasteiger partial charge in [0.1, 0.15) is 5.75 Å². The van der Waals surface area contributed by atoms with Crippen LogP contribution < -0.4 is 4.74 Å². The second kappa shape index (κ2) is 12.0. The lowest BCUT2D eigenvalue weighted by atomic mass is 9.68. The molecule has 3 rings (SSSR count). The molecule has 33 heavy (non-hydrogen) atoms. The predicted octanol–water partition coefficient (Wildman–Crippen LogP) is 6.26. The maximum Gasteiger partial charge on any atom is 0.316 e. The van der Waals surface area contributed by atoms with Gasteiger partial charge in [-0.2, -0.15) is 0 Å². The molecule has 0 spiro atoms. The van der Waals surface area contributed by atoms with Gasteiger partial charge in [-0.15, -0.1) is 0 Å². The van der Waals surface area contributed by atoms with E-state index in [-0.39, 0.29) is 11.9 Å². The van der Waals surface area contributed by atoms with Crippen LogP contribution in [0.25, 0.3) is 0 Å². The van der Waals surface area contributed by atoms with Crippen LogP contribution in [0.4, 0.5) is 0 Å². The molecular formula is C28H38BrNO3. The molecule has 180 valence electrons. The maximum absolute atomic E-state index is 13.0. The van der Waals surface area contributed by atoms with E-state index < -0.39 is 5.41 Å². The Labute approximate surface area is 207 Å². The monoisotopic (exact) mass is 515 g/mol. The summed E-state index contributed by atoms with van der Waals surface area (Å²) < 4.78 is 11.7. The number of hydrogen-bond acceptors (Lipinski definition) is 4. The molecule has 2 aromatic rings. The second-order valence-corrected chi connectivity index (χ2v) is 10.5. The first-order valence-electron chi connectivity index (χ1n) is 12.1. The van der Waals surface area contributed by atoms with E-state index in [1.54, 1.807) is 7.11 Å². The molecule has 2 aromatic carbocycles. The van der Waals surface area contributed by atoms with Crippen molar-refractivity contribution in [2.24, 2.45) is 11.8 Å². The normalized spacial score (nSPS) is 17.0. The molecule has 0 aromatic heterocycles. The van der Waals surface area contributed by atoms with Crippen molar-refractivity contribution in [2.45, 2.75) is 51.4 Å².